The van der Waals surface area contributed by atoms with E-state index < -0.39 is 5.92 Å². The highest BCUT2D eigenvalue weighted by Crippen LogP contribution is 2.38. The van der Waals surface area contributed by atoms with Gasteiger partial charge in [0.1, 0.15) is 11.6 Å². The summed E-state index contributed by atoms with van der Waals surface area (Å²) in [4.78, 5) is 31.3. The average molecular weight is 413 g/mol. The van der Waals surface area contributed by atoms with E-state index in [1.807, 2.05) is 4.90 Å². The number of benzene rings is 2. The second-order valence-corrected chi connectivity index (χ2v) is 8.04. The molecule has 7 heteroatoms. The SMILES string of the molecule is CN1C(=O)C[C@H](C(=O)N2CCN(Cc3ccc(F)cc3)CC2)[C@H]1c1ccc(F)cc1. The van der Waals surface area contributed by atoms with Gasteiger partial charge in [0.25, 0.3) is 0 Å². The molecule has 2 heterocycles. The number of hydrogen-bond donors (Lipinski definition) is 0. The molecular weight excluding hydrogens is 388 g/mol. The molecule has 0 spiro atoms. The van der Waals surface area contributed by atoms with Crippen LogP contribution in [0.2, 0.25) is 0 Å². The Hall–Kier alpha value is -2.80. The summed E-state index contributed by atoms with van der Waals surface area (Å²) in [5.74, 6) is -1.15. The van der Waals surface area contributed by atoms with Gasteiger partial charge in [0.15, 0.2) is 0 Å². The van der Waals surface area contributed by atoms with E-state index in [2.05, 4.69) is 4.90 Å². The Kier molecular flexibility index (Phi) is 5.81. The number of halogens is 2. The van der Waals surface area contributed by atoms with Crippen molar-refractivity contribution >= 4 is 11.8 Å². The molecule has 2 aromatic rings. The van der Waals surface area contributed by atoms with Crippen molar-refractivity contribution in [2.24, 2.45) is 5.92 Å². The van der Waals surface area contributed by atoms with Gasteiger partial charge in [-0.2, -0.15) is 0 Å². The predicted molar refractivity (Wildman–Crippen MR) is 108 cm³/mol. The van der Waals surface area contributed by atoms with Gasteiger partial charge in [0, 0.05) is 46.2 Å². The van der Waals surface area contributed by atoms with Crippen LogP contribution >= 0.6 is 0 Å². The minimum absolute atomic E-state index is 0.0246. The molecule has 5 nitrogen and oxygen atoms in total. The maximum Gasteiger partial charge on any atom is 0.228 e. The molecular formula is C23H25F2N3O2. The van der Waals surface area contributed by atoms with Crippen LogP contribution in [-0.4, -0.2) is 59.7 Å². The van der Waals surface area contributed by atoms with Crippen LogP contribution in [0.25, 0.3) is 0 Å². The van der Waals surface area contributed by atoms with Crippen LogP contribution in [0.15, 0.2) is 48.5 Å². The van der Waals surface area contributed by atoms with Crippen LogP contribution in [0, 0.1) is 17.6 Å². The van der Waals surface area contributed by atoms with E-state index in [9.17, 15) is 18.4 Å². The fourth-order valence-corrected chi connectivity index (χ4v) is 4.42. The first kappa shape index (κ1) is 20.5. The zero-order valence-corrected chi connectivity index (χ0v) is 16.9. The number of nitrogens with zero attached hydrogens (tertiary/aromatic N) is 3. The Morgan fingerprint density at radius 1 is 0.933 bits per heavy atom. The standard InChI is InChI=1S/C23H25F2N3O2/c1-26-21(29)14-20(22(26)17-4-8-19(25)9-5-17)23(30)28-12-10-27(11-13-28)15-16-2-6-18(24)7-3-16/h2-9,20,22H,10-15H2,1H3/t20-,22+/m0/s1. The first-order valence-corrected chi connectivity index (χ1v) is 10.2. The Labute approximate surface area is 174 Å². The predicted octanol–water partition coefficient (Wildman–Crippen LogP) is 2.83. The molecule has 0 N–H and O–H groups in total. The molecule has 2 aliphatic heterocycles. The van der Waals surface area contributed by atoms with E-state index in [1.165, 1.54) is 24.3 Å². The number of carbonyl (C=O) groups is 2. The van der Waals surface area contributed by atoms with E-state index >= 15 is 0 Å². The lowest BCUT2D eigenvalue weighted by Crippen LogP contribution is -2.50. The normalized spacial score (nSPS) is 22.6. The Balaban J connectivity index is 1.40. The van der Waals surface area contributed by atoms with Crippen LogP contribution in [0.4, 0.5) is 8.78 Å². The number of rotatable bonds is 4. The monoisotopic (exact) mass is 413 g/mol. The fourth-order valence-electron chi connectivity index (χ4n) is 4.42. The van der Waals surface area contributed by atoms with Gasteiger partial charge in [0.05, 0.1) is 12.0 Å². The van der Waals surface area contributed by atoms with Crippen molar-refractivity contribution in [3.63, 3.8) is 0 Å². The minimum Gasteiger partial charge on any atom is -0.340 e. The molecule has 2 amide bonds. The van der Waals surface area contributed by atoms with Crippen molar-refractivity contribution in [3.8, 4) is 0 Å². The molecule has 2 fully saturated rings. The van der Waals surface area contributed by atoms with Crippen LogP contribution < -0.4 is 0 Å². The second kappa shape index (κ2) is 8.52. The van der Waals surface area contributed by atoms with Crippen molar-refractivity contribution in [1.29, 1.82) is 0 Å². The van der Waals surface area contributed by atoms with Gasteiger partial charge in [-0.15, -0.1) is 0 Å². The molecule has 0 bridgehead atoms. The van der Waals surface area contributed by atoms with Crippen molar-refractivity contribution < 1.29 is 18.4 Å². The van der Waals surface area contributed by atoms with E-state index in [0.29, 0.717) is 19.6 Å². The highest BCUT2D eigenvalue weighted by molar-refractivity contribution is 5.90. The van der Waals surface area contributed by atoms with E-state index in [0.717, 1.165) is 24.2 Å². The number of hydrogen-bond acceptors (Lipinski definition) is 3. The summed E-state index contributed by atoms with van der Waals surface area (Å²) in [6, 6.07) is 12.1. The maximum atomic E-state index is 13.3. The number of likely N-dealkylation sites (tertiary alicyclic amines) is 1. The topological polar surface area (TPSA) is 43.9 Å². The third-order valence-electron chi connectivity index (χ3n) is 6.12. The molecule has 158 valence electrons. The maximum absolute atomic E-state index is 13.3. The highest BCUT2D eigenvalue weighted by Gasteiger charge is 2.44. The minimum atomic E-state index is -0.461. The first-order chi connectivity index (χ1) is 14.4. The molecule has 0 saturated carbocycles. The van der Waals surface area contributed by atoms with E-state index in [1.54, 1.807) is 36.2 Å². The third-order valence-corrected chi connectivity index (χ3v) is 6.12. The quantitative estimate of drug-likeness (QED) is 0.774. The summed E-state index contributed by atoms with van der Waals surface area (Å²) >= 11 is 0. The highest BCUT2D eigenvalue weighted by atomic mass is 19.1. The van der Waals surface area contributed by atoms with Gasteiger partial charge in [-0.1, -0.05) is 24.3 Å². The fraction of sp³-hybridized carbons (Fsp3) is 0.391. The van der Waals surface area contributed by atoms with Crippen molar-refractivity contribution in [3.05, 3.63) is 71.3 Å². The molecule has 30 heavy (non-hydrogen) atoms. The molecule has 0 unspecified atom stereocenters. The van der Waals surface area contributed by atoms with Gasteiger partial charge < -0.3 is 9.80 Å². The van der Waals surface area contributed by atoms with E-state index in [4.69, 9.17) is 0 Å². The summed E-state index contributed by atoms with van der Waals surface area (Å²) < 4.78 is 26.4. The van der Waals surface area contributed by atoms with Crippen LogP contribution in [0.5, 0.6) is 0 Å². The van der Waals surface area contributed by atoms with E-state index in [-0.39, 0.29) is 35.9 Å². The Morgan fingerprint density at radius 3 is 2.10 bits per heavy atom. The molecule has 0 aliphatic carbocycles. The Bertz CT molecular complexity index is 909. The van der Waals surface area contributed by atoms with Gasteiger partial charge >= 0.3 is 0 Å². The van der Waals surface area contributed by atoms with Gasteiger partial charge in [-0.3, -0.25) is 14.5 Å². The summed E-state index contributed by atoms with van der Waals surface area (Å²) in [6.45, 7) is 3.34. The third kappa shape index (κ3) is 4.21. The van der Waals surface area contributed by atoms with Crippen LogP contribution in [0.1, 0.15) is 23.6 Å². The van der Waals surface area contributed by atoms with Crippen molar-refractivity contribution in [2.45, 2.75) is 19.0 Å². The zero-order valence-electron chi connectivity index (χ0n) is 16.9. The molecule has 2 aliphatic rings. The largest absolute Gasteiger partial charge is 0.340 e. The number of carbonyl (C=O) groups excluding carboxylic acids is 2. The summed E-state index contributed by atoms with van der Waals surface area (Å²) in [6.07, 6.45) is 0.174. The molecule has 4 rings (SSSR count). The average Bonchev–Trinajstić information content (AvgIpc) is 3.05. The van der Waals surface area contributed by atoms with Gasteiger partial charge in [-0.25, -0.2) is 8.78 Å². The molecule has 2 atom stereocenters. The van der Waals surface area contributed by atoms with Gasteiger partial charge in [-0.05, 0) is 35.4 Å². The lowest BCUT2D eigenvalue weighted by molar-refractivity contribution is -0.138. The number of amides is 2. The lowest BCUT2D eigenvalue weighted by Gasteiger charge is -2.37. The molecule has 0 radical (unpaired) electrons. The first-order valence-electron chi connectivity index (χ1n) is 10.2. The molecule has 2 saturated heterocycles. The Morgan fingerprint density at radius 2 is 1.50 bits per heavy atom. The van der Waals surface area contributed by atoms with Gasteiger partial charge in [0.2, 0.25) is 11.8 Å². The molecule has 2 aromatic carbocycles. The van der Waals surface area contributed by atoms with Crippen LogP contribution in [0.3, 0.4) is 0 Å². The summed E-state index contributed by atoms with van der Waals surface area (Å²) in [7, 11) is 1.70. The number of piperazine rings is 1. The lowest BCUT2D eigenvalue weighted by atomic mass is 9.92. The van der Waals surface area contributed by atoms with Crippen molar-refractivity contribution in [1.82, 2.24) is 14.7 Å². The summed E-state index contributed by atoms with van der Waals surface area (Å²) in [5.41, 5.74) is 1.81. The van der Waals surface area contributed by atoms with Crippen LogP contribution in [-0.2, 0) is 16.1 Å². The summed E-state index contributed by atoms with van der Waals surface area (Å²) in [5, 5.41) is 0. The van der Waals surface area contributed by atoms with Crippen molar-refractivity contribution in [2.75, 3.05) is 33.2 Å². The molecule has 0 aromatic heterocycles. The second-order valence-electron chi connectivity index (χ2n) is 8.04. The zero-order chi connectivity index (χ0) is 21.3. The smallest absolute Gasteiger partial charge is 0.228 e.